The molecule has 4 amide bonds. The molecule has 0 spiro atoms. The van der Waals surface area contributed by atoms with Crippen molar-refractivity contribution < 1.29 is 14.4 Å². The Morgan fingerprint density at radius 1 is 1.04 bits per heavy atom. The highest BCUT2D eigenvalue weighted by Gasteiger charge is 2.45. The topological polar surface area (TPSA) is 60.9 Å². The van der Waals surface area contributed by atoms with Crippen LogP contribution in [-0.4, -0.2) is 45.8 Å². The number of thiophene rings is 1. The molecule has 2 aliphatic rings. The van der Waals surface area contributed by atoms with Crippen LogP contribution in [0.5, 0.6) is 0 Å². The van der Waals surface area contributed by atoms with Gasteiger partial charge in [0.25, 0.3) is 0 Å². The number of amides is 4. The average molecular weight is 369 g/mol. The van der Waals surface area contributed by atoms with E-state index in [2.05, 4.69) is 23.3 Å². The molecule has 0 aliphatic carbocycles. The molecular weight excluding hydrogens is 350 g/mol. The van der Waals surface area contributed by atoms with Gasteiger partial charge < -0.3 is 0 Å². The molecule has 0 saturated carbocycles. The Kier molecular flexibility index (Phi) is 4.34. The summed E-state index contributed by atoms with van der Waals surface area (Å²) < 4.78 is 0. The first-order chi connectivity index (χ1) is 12.6. The second-order valence-corrected chi connectivity index (χ2v) is 7.57. The first-order valence-corrected chi connectivity index (χ1v) is 9.46. The number of rotatable bonds is 4. The van der Waals surface area contributed by atoms with Crippen molar-refractivity contribution in [1.82, 2.24) is 14.7 Å². The molecule has 3 heterocycles. The van der Waals surface area contributed by atoms with Gasteiger partial charge in [0.05, 0.1) is 13.2 Å². The second-order valence-electron chi connectivity index (χ2n) is 6.57. The second kappa shape index (κ2) is 6.66. The zero-order valence-electron chi connectivity index (χ0n) is 14.4. The summed E-state index contributed by atoms with van der Waals surface area (Å²) >= 11 is 1.74. The molecule has 4 rings (SSSR count). The summed E-state index contributed by atoms with van der Waals surface area (Å²) in [6.45, 7) is 3.09. The highest BCUT2D eigenvalue weighted by molar-refractivity contribution is 7.10. The number of urea groups is 1. The summed E-state index contributed by atoms with van der Waals surface area (Å²) in [5.74, 6) is -1.49. The van der Waals surface area contributed by atoms with Gasteiger partial charge >= 0.3 is 17.8 Å². The van der Waals surface area contributed by atoms with Crippen molar-refractivity contribution in [2.45, 2.75) is 25.9 Å². The van der Waals surface area contributed by atoms with Crippen LogP contribution >= 0.6 is 11.3 Å². The Balaban J connectivity index is 1.50. The molecule has 1 atom stereocenters. The summed E-state index contributed by atoms with van der Waals surface area (Å²) in [7, 11) is 0. The normalized spacial score (nSPS) is 20.8. The number of carbonyl (C=O) groups excluding carboxylic acids is 3. The molecule has 0 bridgehead atoms. The van der Waals surface area contributed by atoms with E-state index in [1.165, 1.54) is 10.4 Å². The maximum atomic E-state index is 12.7. The fraction of sp³-hybridized carbons (Fsp3) is 0.316. The van der Waals surface area contributed by atoms with Gasteiger partial charge in [0.15, 0.2) is 0 Å². The number of nitrogens with zero attached hydrogens (tertiary/aromatic N) is 3. The highest BCUT2D eigenvalue weighted by atomic mass is 32.1. The lowest BCUT2D eigenvalue weighted by Gasteiger charge is -2.35. The summed E-state index contributed by atoms with van der Waals surface area (Å²) in [6, 6.07) is 10.9. The molecule has 1 fully saturated rings. The molecule has 0 N–H and O–H groups in total. The molecule has 2 aromatic rings. The van der Waals surface area contributed by atoms with Crippen LogP contribution in [0, 0.1) is 0 Å². The first-order valence-electron chi connectivity index (χ1n) is 8.58. The van der Waals surface area contributed by atoms with E-state index in [9.17, 15) is 14.4 Å². The first kappa shape index (κ1) is 16.9. The minimum Gasteiger partial charge on any atom is -0.278 e. The standard InChI is InChI=1S/C19H19N3O3S/c1-13-15-8-10-26-16(15)7-9-20(13)12-22-18(24)17(23)21(19(22)25)11-14-5-3-2-4-6-14/h2-6,8,10,13H,7,9,11-12H2,1H3/t13-/m0/s1. The van der Waals surface area contributed by atoms with Crippen molar-refractivity contribution in [3.8, 4) is 0 Å². The molecule has 6 nitrogen and oxygen atoms in total. The van der Waals surface area contributed by atoms with Gasteiger partial charge in [0.2, 0.25) is 0 Å². The van der Waals surface area contributed by atoms with Crippen LogP contribution < -0.4 is 0 Å². The van der Waals surface area contributed by atoms with Crippen molar-refractivity contribution >= 4 is 29.2 Å². The van der Waals surface area contributed by atoms with Crippen LogP contribution in [0.25, 0.3) is 0 Å². The molecule has 7 heteroatoms. The zero-order valence-corrected chi connectivity index (χ0v) is 15.2. The lowest BCUT2D eigenvalue weighted by atomic mass is 10.0. The summed E-state index contributed by atoms with van der Waals surface area (Å²) in [6.07, 6.45) is 0.898. The molecular formula is C19H19N3O3S. The third-order valence-corrected chi connectivity index (χ3v) is 6.04. The Morgan fingerprint density at radius 3 is 2.54 bits per heavy atom. The van der Waals surface area contributed by atoms with Crippen LogP contribution in [-0.2, 0) is 22.6 Å². The number of benzene rings is 1. The summed E-state index contributed by atoms with van der Waals surface area (Å²) in [4.78, 5) is 42.9. The van der Waals surface area contributed by atoms with Crippen molar-refractivity contribution in [1.29, 1.82) is 0 Å². The van der Waals surface area contributed by atoms with Gasteiger partial charge in [-0.15, -0.1) is 11.3 Å². The summed E-state index contributed by atoms with van der Waals surface area (Å²) in [5, 5.41) is 2.07. The van der Waals surface area contributed by atoms with E-state index in [1.807, 2.05) is 30.3 Å². The monoisotopic (exact) mass is 369 g/mol. The molecule has 0 unspecified atom stereocenters. The van der Waals surface area contributed by atoms with Crippen LogP contribution in [0.3, 0.4) is 0 Å². The van der Waals surface area contributed by atoms with Gasteiger partial charge in [-0.25, -0.2) is 9.69 Å². The van der Waals surface area contributed by atoms with E-state index < -0.39 is 17.8 Å². The predicted molar refractivity (Wildman–Crippen MR) is 97.2 cm³/mol. The van der Waals surface area contributed by atoms with E-state index in [-0.39, 0.29) is 19.3 Å². The molecule has 26 heavy (non-hydrogen) atoms. The van der Waals surface area contributed by atoms with Crippen LogP contribution in [0.4, 0.5) is 4.79 Å². The Hall–Kier alpha value is -2.51. The van der Waals surface area contributed by atoms with E-state index in [0.717, 1.165) is 28.3 Å². The van der Waals surface area contributed by atoms with E-state index >= 15 is 0 Å². The SMILES string of the molecule is C[C@H]1c2ccsc2CCN1CN1C(=O)C(=O)N(Cc2ccccc2)C1=O. The molecule has 1 saturated heterocycles. The molecule has 134 valence electrons. The van der Waals surface area contributed by atoms with Crippen molar-refractivity contribution in [3.05, 3.63) is 57.8 Å². The third kappa shape index (κ3) is 2.83. The maximum absolute atomic E-state index is 12.7. The fourth-order valence-electron chi connectivity index (χ4n) is 3.52. The third-order valence-electron chi connectivity index (χ3n) is 5.05. The van der Waals surface area contributed by atoms with Gasteiger partial charge in [0.1, 0.15) is 0 Å². The molecule has 1 aromatic heterocycles. The van der Waals surface area contributed by atoms with Crippen LogP contribution in [0.15, 0.2) is 41.8 Å². The van der Waals surface area contributed by atoms with Gasteiger partial charge in [-0.05, 0) is 35.9 Å². The highest BCUT2D eigenvalue weighted by Crippen LogP contribution is 2.33. The molecule has 2 aliphatic heterocycles. The zero-order chi connectivity index (χ0) is 18.3. The van der Waals surface area contributed by atoms with E-state index in [1.54, 1.807) is 11.3 Å². The number of carbonyl (C=O) groups is 3. The average Bonchev–Trinajstić information content (AvgIpc) is 3.20. The predicted octanol–water partition coefficient (Wildman–Crippen LogP) is 2.62. The summed E-state index contributed by atoms with van der Waals surface area (Å²) in [5.41, 5.74) is 2.06. The van der Waals surface area contributed by atoms with Gasteiger partial charge in [0, 0.05) is 17.5 Å². The number of hydrogen-bond donors (Lipinski definition) is 0. The van der Waals surface area contributed by atoms with Crippen molar-refractivity contribution in [3.63, 3.8) is 0 Å². The number of hydrogen-bond acceptors (Lipinski definition) is 5. The minimum absolute atomic E-state index is 0.115. The van der Waals surface area contributed by atoms with Gasteiger partial charge in [-0.3, -0.25) is 19.4 Å². The lowest BCUT2D eigenvalue weighted by molar-refractivity contribution is -0.144. The number of imide groups is 2. The van der Waals surface area contributed by atoms with Crippen molar-refractivity contribution in [2.75, 3.05) is 13.2 Å². The Bertz CT molecular complexity index is 864. The minimum atomic E-state index is -0.750. The Labute approximate surface area is 155 Å². The van der Waals surface area contributed by atoms with Crippen molar-refractivity contribution in [2.24, 2.45) is 0 Å². The van der Waals surface area contributed by atoms with E-state index in [4.69, 9.17) is 0 Å². The van der Waals surface area contributed by atoms with Gasteiger partial charge in [-0.2, -0.15) is 0 Å². The quantitative estimate of drug-likeness (QED) is 0.614. The lowest BCUT2D eigenvalue weighted by Crippen LogP contribution is -2.45. The number of fused-ring (bicyclic) bond motifs is 1. The largest absolute Gasteiger partial charge is 0.335 e. The van der Waals surface area contributed by atoms with E-state index in [0.29, 0.717) is 0 Å². The van der Waals surface area contributed by atoms with Gasteiger partial charge in [-0.1, -0.05) is 30.3 Å². The maximum Gasteiger partial charge on any atom is 0.335 e. The van der Waals surface area contributed by atoms with Crippen LogP contribution in [0.1, 0.15) is 29.0 Å². The fourth-order valence-corrected chi connectivity index (χ4v) is 4.48. The molecule has 1 aromatic carbocycles. The smallest absolute Gasteiger partial charge is 0.278 e. The Morgan fingerprint density at radius 2 is 1.77 bits per heavy atom. The van der Waals surface area contributed by atoms with Crippen LogP contribution in [0.2, 0.25) is 0 Å². The molecule has 0 radical (unpaired) electrons.